The van der Waals surface area contributed by atoms with Crippen molar-refractivity contribution < 1.29 is 55.5 Å². The maximum atomic E-state index is 12.7. The molecular weight excluding hydrogens is 582 g/mol. The van der Waals surface area contributed by atoms with Gasteiger partial charge in [0.05, 0.1) is 24.9 Å². The van der Waals surface area contributed by atoms with Crippen molar-refractivity contribution in [1.29, 1.82) is 0 Å². The molecule has 2 fully saturated rings. The molecule has 42 heavy (non-hydrogen) atoms. The number of para-hydroxylation sites is 1. The van der Waals surface area contributed by atoms with Gasteiger partial charge in [-0.3, -0.25) is 29.8 Å². The minimum atomic E-state index is -4.93. The van der Waals surface area contributed by atoms with E-state index in [2.05, 4.69) is 15.1 Å². The van der Waals surface area contributed by atoms with E-state index in [1.165, 1.54) is 13.0 Å². The van der Waals surface area contributed by atoms with Crippen molar-refractivity contribution in [2.24, 2.45) is 5.92 Å². The number of esters is 1. The molecule has 2 saturated heterocycles. The number of carbonyl (C=O) groups is 5. The molecule has 5 amide bonds. The van der Waals surface area contributed by atoms with E-state index in [0.717, 1.165) is 9.96 Å². The van der Waals surface area contributed by atoms with E-state index in [0.29, 0.717) is 10.6 Å². The second-order valence-corrected chi connectivity index (χ2v) is 10.7. The van der Waals surface area contributed by atoms with Crippen LogP contribution in [-0.2, 0) is 45.0 Å². The standard InChI is InChI=1S/C24H33N5O12S/c1-5-28(24(34)39-15(4)38-22(32)14(2)3)40-19-9-7-6-8-16(19)12-20(30)25-26-21(31)18-11-10-17-13-27(18)23(33)29(17)41-42(35,36)37/h6-9,14-15,17-18H,5,10-13H2,1-4H3,(H,25,30)(H,26,31)(H,35,36,37)/t15?,17-,18+/m1/s1. The predicted molar refractivity (Wildman–Crippen MR) is 140 cm³/mol. The quantitative estimate of drug-likeness (QED) is 0.136. The van der Waals surface area contributed by atoms with Crippen molar-refractivity contribution in [2.75, 3.05) is 13.1 Å². The summed E-state index contributed by atoms with van der Waals surface area (Å²) in [4.78, 5) is 68.9. The van der Waals surface area contributed by atoms with Gasteiger partial charge in [-0.1, -0.05) is 32.0 Å². The van der Waals surface area contributed by atoms with Gasteiger partial charge < -0.3 is 19.2 Å². The Balaban J connectivity index is 1.55. The number of benzene rings is 1. The first-order valence-corrected chi connectivity index (χ1v) is 14.4. The van der Waals surface area contributed by atoms with Crippen molar-refractivity contribution in [2.45, 2.75) is 65.3 Å². The topological polar surface area (TPSA) is 210 Å². The first kappa shape index (κ1) is 32.4. The van der Waals surface area contributed by atoms with E-state index in [-0.39, 0.29) is 38.1 Å². The monoisotopic (exact) mass is 615 g/mol. The van der Waals surface area contributed by atoms with Crippen LogP contribution < -0.4 is 15.7 Å². The maximum Gasteiger partial charge on any atom is 0.446 e. The molecule has 0 radical (unpaired) electrons. The highest BCUT2D eigenvalue weighted by molar-refractivity contribution is 7.80. The first-order chi connectivity index (χ1) is 19.7. The highest BCUT2D eigenvalue weighted by Crippen LogP contribution is 2.30. The summed E-state index contributed by atoms with van der Waals surface area (Å²) in [6.45, 7) is 6.30. The fourth-order valence-corrected chi connectivity index (χ4v) is 4.54. The highest BCUT2D eigenvalue weighted by atomic mass is 32.3. The van der Waals surface area contributed by atoms with Gasteiger partial charge >= 0.3 is 28.5 Å². The third-order valence-electron chi connectivity index (χ3n) is 6.17. The number of fused-ring (bicyclic) bond motifs is 2. The number of carbonyl (C=O) groups excluding carboxylic acids is 5. The molecule has 0 aliphatic carbocycles. The van der Waals surface area contributed by atoms with Crippen LogP contribution in [0.1, 0.15) is 46.1 Å². The molecular formula is C24H33N5O12S. The summed E-state index contributed by atoms with van der Waals surface area (Å²) in [6.07, 6.45) is -2.02. The summed E-state index contributed by atoms with van der Waals surface area (Å²) >= 11 is 0. The lowest BCUT2D eigenvalue weighted by molar-refractivity contribution is -0.173. The summed E-state index contributed by atoms with van der Waals surface area (Å²) in [5.41, 5.74) is 4.85. The van der Waals surface area contributed by atoms with Crippen LogP contribution in [0.25, 0.3) is 0 Å². The summed E-state index contributed by atoms with van der Waals surface area (Å²) in [7, 11) is -4.93. The fourth-order valence-electron chi connectivity index (χ4n) is 4.15. The van der Waals surface area contributed by atoms with Crippen LogP contribution >= 0.6 is 0 Å². The number of piperidine rings is 1. The lowest BCUT2D eigenvalue weighted by Crippen LogP contribution is -2.54. The minimum Gasteiger partial charge on any atom is -0.425 e. The summed E-state index contributed by atoms with van der Waals surface area (Å²) in [5, 5.41) is 1.38. The van der Waals surface area contributed by atoms with Crippen molar-refractivity contribution in [1.82, 2.24) is 25.9 Å². The van der Waals surface area contributed by atoms with E-state index in [1.54, 1.807) is 39.0 Å². The Kier molecular flexibility index (Phi) is 10.5. The SMILES string of the molecule is CCN(Oc1ccccc1CC(=O)NNC(=O)[C@@H]1CC[C@@H]2CN1C(=O)N2OS(=O)(=O)O)C(=O)OC(C)OC(=O)C(C)C. The van der Waals surface area contributed by atoms with E-state index < -0.39 is 64.6 Å². The Bertz CT molecular complexity index is 1310. The molecule has 1 aromatic carbocycles. The number of amides is 5. The molecule has 18 heteroatoms. The Hall–Kier alpha value is -4.16. The van der Waals surface area contributed by atoms with Crippen molar-refractivity contribution >= 4 is 40.3 Å². The molecule has 2 aliphatic rings. The van der Waals surface area contributed by atoms with E-state index in [4.69, 9.17) is 18.9 Å². The van der Waals surface area contributed by atoms with Gasteiger partial charge in [-0.2, -0.15) is 13.5 Å². The molecule has 0 aromatic heterocycles. The summed E-state index contributed by atoms with van der Waals surface area (Å²) < 4.78 is 45.4. The van der Waals surface area contributed by atoms with Gasteiger partial charge in [0.25, 0.3) is 5.91 Å². The van der Waals surface area contributed by atoms with Crippen LogP contribution in [0.15, 0.2) is 24.3 Å². The Morgan fingerprint density at radius 3 is 2.43 bits per heavy atom. The smallest absolute Gasteiger partial charge is 0.425 e. The third kappa shape index (κ3) is 8.43. The number of nitrogens with zero attached hydrogens (tertiary/aromatic N) is 3. The van der Waals surface area contributed by atoms with Gasteiger partial charge in [-0.05, 0) is 25.8 Å². The van der Waals surface area contributed by atoms with Gasteiger partial charge in [-0.25, -0.2) is 9.59 Å². The van der Waals surface area contributed by atoms with Gasteiger partial charge in [0, 0.05) is 19.0 Å². The number of nitrogens with one attached hydrogen (secondary N) is 2. The Morgan fingerprint density at radius 2 is 1.79 bits per heavy atom. The number of hydrogen-bond donors (Lipinski definition) is 3. The molecule has 17 nitrogen and oxygen atoms in total. The number of ether oxygens (including phenoxy) is 2. The second kappa shape index (κ2) is 13.7. The van der Waals surface area contributed by atoms with E-state index >= 15 is 0 Å². The van der Waals surface area contributed by atoms with Crippen LogP contribution in [0.4, 0.5) is 9.59 Å². The van der Waals surface area contributed by atoms with E-state index in [1.807, 2.05) is 0 Å². The number of hydrogen-bond acceptors (Lipinski definition) is 11. The third-order valence-corrected chi connectivity index (χ3v) is 6.52. The van der Waals surface area contributed by atoms with Crippen molar-refractivity contribution in [3.8, 4) is 5.75 Å². The summed E-state index contributed by atoms with van der Waals surface area (Å²) in [5.74, 6) is -2.19. The molecule has 1 unspecified atom stereocenters. The fraction of sp³-hybridized carbons (Fsp3) is 0.542. The lowest BCUT2D eigenvalue weighted by Gasteiger charge is -2.29. The molecule has 2 heterocycles. The normalized spacial score (nSPS) is 18.8. The average Bonchev–Trinajstić information content (AvgIpc) is 3.14. The number of hydrazine groups is 1. The van der Waals surface area contributed by atoms with Gasteiger partial charge in [-0.15, -0.1) is 9.35 Å². The molecule has 0 spiro atoms. The van der Waals surface area contributed by atoms with E-state index in [9.17, 15) is 32.4 Å². The van der Waals surface area contributed by atoms with Crippen LogP contribution in [0, 0.1) is 5.92 Å². The van der Waals surface area contributed by atoms with Gasteiger partial charge in [0.2, 0.25) is 12.2 Å². The lowest BCUT2D eigenvalue weighted by atomic mass is 10.0. The Labute approximate surface area is 241 Å². The minimum absolute atomic E-state index is 0.0135. The molecule has 1 aromatic rings. The Morgan fingerprint density at radius 1 is 1.10 bits per heavy atom. The van der Waals surface area contributed by atoms with Crippen molar-refractivity contribution in [3.63, 3.8) is 0 Å². The van der Waals surface area contributed by atoms with Crippen LogP contribution in [0.5, 0.6) is 5.75 Å². The maximum absolute atomic E-state index is 12.7. The number of hydroxylamine groups is 4. The zero-order valence-corrected chi connectivity index (χ0v) is 24.2. The highest BCUT2D eigenvalue weighted by Gasteiger charge is 2.49. The van der Waals surface area contributed by atoms with Gasteiger partial charge in [0.1, 0.15) is 6.04 Å². The van der Waals surface area contributed by atoms with Crippen LogP contribution in [-0.4, -0.2) is 89.4 Å². The summed E-state index contributed by atoms with van der Waals surface area (Å²) in [6, 6.07) is 3.71. The number of urea groups is 1. The largest absolute Gasteiger partial charge is 0.446 e. The molecule has 2 aliphatic heterocycles. The molecule has 232 valence electrons. The van der Waals surface area contributed by atoms with Crippen LogP contribution in [0.2, 0.25) is 0 Å². The number of rotatable bonds is 11. The second-order valence-electron chi connectivity index (χ2n) is 9.66. The first-order valence-electron chi connectivity index (χ1n) is 13.0. The molecule has 3 rings (SSSR count). The zero-order chi connectivity index (χ0) is 31.2. The average molecular weight is 616 g/mol. The molecule has 3 N–H and O–H groups in total. The van der Waals surface area contributed by atoms with Crippen molar-refractivity contribution in [3.05, 3.63) is 29.8 Å². The molecule has 0 saturated carbocycles. The van der Waals surface area contributed by atoms with Crippen LogP contribution in [0.3, 0.4) is 0 Å². The van der Waals surface area contributed by atoms with Gasteiger partial charge in [0.15, 0.2) is 5.75 Å². The predicted octanol–water partition coefficient (Wildman–Crippen LogP) is 0.677. The zero-order valence-electron chi connectivity index (χ0n) is 23.3. The molecule has 3 atom stereocenters. The molecule has 2 bridgehead atoms.